The molecule has 118 valence electrons. The Morgan fingerprint density at radius 3 is 2.67 bits per heavy atom. The van der Waals surface area contributed by atoms with Crippen molar-refractivity contribution in [1.29, 1.82) is 0 Å². The number of aryl methyl sites for hydroxylation is 1. The highest BCUT2D eigenvalue weighted by molar-refractivity contribution is 5.47. The molecule has 0 spiro atoms. The number of nitrogens with one attached hydrogen (secondary N) is 1. The summed E-state index contributed by atoms with van der Waals surface area (Å²) in [6.07, 6.45) is 7.76. The minimum absolute atomic E-state index is 0.192. The van der Waals surface area contributed by atoms with E-state index >= 15 is 0 Å². The summed E-state index contributed by atoms with van der Waals surface area (Å²) in [7, 11) is 0. The van der Waals surface area contributed by atoms with E-state index in [4.69, 9.17) is 0 Å². The first-order valence-electron chi connectivity index (χ1n) is 7.80. The maximum absolute atomic E-state index is 11.1. The monoisotopic (exact) mass is 293 g/mol. The molecule has 1 unspecified atom stereocenters. The third-order valence-corrected chi connectivity index (χ3v) is 3.87. The first-order chi connectivity index (χ1) is 9.97. The molecular weight excluding hydrogens is 266 g/mol. The first-order valence-corrected chi connectivity index (χ1v) is 7.80. The standard InChI is InChI=1S/C16H27N3O2/c1-5-6-7-8-9-13(3)17-11-15-14(4)16(19(20)21)12(2)10-18-15/h10,13,17H,5-9,11H2,1-4H3. The van der Waals surface area contributed by atoms with E-state index in [0.717, 1.165) is 12.1 Å². The van der Waals surface area contributed by atoms with Crippen LogP contribution < -0.4 is 5.32 Å². The molecule has 0 fully saturated rings. The molecule has 1 aromatic rings. The molecule has 1 N–H and O–H groups in total. The number of hydrogen-bond donors (Lipinski definition) is 1. The predicted octanol–water partition coefficient (Wildman–Crippen LogP) is 4.06. The van der Waals surface area contributed by atoms with Crippen molar-refractivity contribution in [2.24, 2.45) is 0 Å². The number of aromatic nitrogens is 1. The van der Waals surface area contributed by atoms with Crippen molar-refractivity contribution in [3.8, 4) is 0 Å². The molecule has 1 atom stereocenters. The highest BCUT2D eigenvalue weighted by atomic mass is 16.6. The average Bonchev–Trinajstić information content (AvgIpc) is 2.42. The van der Waals surface area contributed by atoms with Crippen LogP contribution in [0.3, 0.4) is 0 Å². The lowest BCUT2D eigenvalue weighted by molar-refractivity contribution is -0.386. The Hall–Kier alpha value is -1.49. The Bertz CT molecular complexity index is 475. The maximum Gasteiger partial charge on any atom is 0.278 e. The fourth-order valence-electron chi connectivity index (χ4n) is 2.47. The summed E-state index contributed by atoms with van der Waals surface area (Å²) in [6, 6.07) is 0.406. The quantitative estimate of drug-likeness (QED) is 0.423. The number of pyridine rings is 1. The summed E-state index contributed by atoms with van der Waals surface area (Å²) in [6.45, 7) is 8.46. The molecule has 0 aliphatic heterocycles. The van der Waals surface area contributed by atoms with Crippen molar-refractivity contribution in [3.63, 3.8) is 0 Å². The molecule has 5 nitrogen and oxygen atoms in total. The third-order valence-electron chi connectivity index (χ3n) is 3.87. The van der Waals surface area contributed by atoms with Crippen molar-refractivity contribution in [2.75, 3.05) is 0 Å². The minimum atomic E-state index is -0.315. The summed E-state index contributed by atoms with van der Waals surface area (Å²) >= 11 is 0. The average molecular weight is 293 g/mol. The molecule has 0 saturated heterocycles. The predicted molar refractivity (Wildman–Crippen MR) is 85.4 cm³/mol. The summed E-state index contributed by atoms with van der Waals surface area (Å²) < 4.78 is 0. The van der Waals surface area contributed by atoms with Gasteiger partial charge in [0.2, 0.25) is 0 Å². The molecule has 0 aliphatic rings. The van der Waals surface area contributed by atoms with Crippen LogP contribution in [0.15, 0.2) is 6.20 Å². The van der Waals surface area contributed by atoms with Crippen molar-refractivity contribution < 1.29 is 4.92 Å². The van der Waals surface area contributed by atoms with Gasteiger partial charge in [0.15, 0.2) is 0 Å². The second kappa shape index (κ2) is 8.72. The summed E-state index contributed by atoms with van der Waals surface area (Å²) in [4.78, 5) is 15.1. The molecule has 0 radical (unpaired) electrons. The maximum atomic E-state index is 11.1. The van der Waals surface area contributed by atoms with Gasteiger partial charge in [0.1, 0.15) is 0 Å². The van der Waals surface area contributed by atoms with Gasteiger partial charge in [0, 0.05) is 29.9 Å². The van der Waals surface area contributed by atoms with E-state index in [1.165, 1.54) is 25.7 Å². The van der Waals surface area contributed by atoms with Gasteiger partial charge in [-0.2, -0.15) is 0 Å². The molecule has 1 aromatic heterocycles. The molecule has 0 saturated carbocycles. The molecular formula is C16H27N3O2. The van der Waals surface area contributed by atoms with Crippen LogP contribution in [0.2, 0.25) is 0 Å². The van der Waals surface area contributed by atoms with Gasteiger partial charge in [-0.05, 0) is 27.2 Å². The van der Waals surface area contributed by atoms with E-state index in [-0.39, 0.29) is 10.6 Å². The van der Waals surface area contributed by atoms with Crippen molar-refractivity contribution >= 4 is 5.69 Å². The number of nitro groups is 1. The number of rotatable bonds is 9. The highest BCUT2D eigenvalue weighted by Gasteiger charge is 2.18. The third kappa shape index (κ3) is 5.42. The van der Waals surface area contributed by atoms with Gasteiger partial charge < -0.3 is 5.32 Å². The second-order valence-electron chi connectivity index (χ2n) is 5.75. The van der Waals surface area contributed by atoms with E-state index in [9.17, 15) is 10.1 Å². The molecule has 0 aromatic carbocycles. The topological polar surface area (TPSA) is 68.1 Å². The van der Waals surface area contributed by atoms with Crippen LogP contribution in [-0.4, -0.2) is 15.9 Å². The second-order valence-corrected chi connectivity index (χ2v) is 5.75. The lowest BCUT2D eigenvalue weighted by Gasteiger charge is -2.14. The fraction of sp³-hybridized carbons (Fsp3) is 0.688. The van der Waals surface area contributed by atoms with Gasteiger partial charge in [0.25, 0.3) is 5.69 Å². The summed E-state index contributed by atoms with van der Waals surface area (Å²) in [5, 5.41) is 14.5. The van der Waals surface area contributed by atoms with Crippen LogP contribution >= 0.6 is 0 Å². The Morgan fingerprint density at radius 1 is 1.33 bits per heavy atom. The molecule has 21 heavy (non-hydrogen) atoms. The highest BCUT2D eigenvalue weighted by Crippen LogP contribution is 2.24. The van der Waals surface area contributed by atoms with E-state index in [1.807, 2.05) is 0 Å². The summed E-state index contributed by atoms with van der Waals surface area (Å²) in [5.41, 5.74) is 2.25. The van der Waals surface area contributed by atoms with Gasteiger partial charge in [-0.3, -0.25) is 15.1 Å². The van der Waals surface area contributed by atoms with Crippen LogP contribution in [0, 0.1) is 24.0 Å². The van der Waals surface area contributed by atoms with Crippen LogP contribution in [0.25, 0.3) is 0 Å². The fourth-order valence-corrected chi connectivity index (χ4v) is 2.47. The summed E-state index contributed by atoms with van der Waals surface area (Å²) in [5.74, 6) is 0. The van der Waals surface area contributed by atoms with E-state index in [2.05, 4.69) is 24.1 Å². The first kappa shape index (κ1) is 17.6. The Labute approximate surface area is 127 Å². The molecule has 1 heterocycles. The lowest BCUT2D eigenvalue weighted by atomic mass is 10.1. The van der Waals surface area contributed by atoms with E-state index < -0.39 is 0 Å². The van der Waals surface area contributed by atoms with Gasteiger partial charge >= 0.3 is 0 Å². The minimum Gasteiger partial charge on any atom is -0.309 e. The Balaban J connectivity index is 2.56. The van der Waals surface area contributed by atoms with Crippen molar-refractivity contribution in [3.05, 3.63) is 33.1 Å². The van der Waals surface area contributed by atoms with Crippen LogP contribution in [-0.2, 0) is 6.54 Å². The zero-order valence-corrected chi connectivity index (χ0v) is 13.6. The van der Waals surface area contributed by atoms with Crippen molar-refractivity contribution in [1.82, 2.24) is 10.3 Å². The number of unbranched alkanes of at least 4 members (excludes halogenated alkanes) is 3. The van der Waals surface area contributed by atoms with Crippen LogP contribution in [0.4, 0.5) is 5.69 Å². The van der Waals surface area contributed by atoms with Gasteiger partial charge in [-0.1, -0.05) is 32.6 Å². The SMILES string of the molecule is CCCCCCC(C)NCc1ncc(C)c([N+](=O)[O-])c1C. The zero-order chi connectivity index (χ0) is 15.8. The number of nitrogens with zero attached hydrogens (tertiary/aromatic N) is 2. The van der Waals surface area contributed by atoms with Crippen molar-refractivity contribution in [2.45, 2.75) is 72.4 Å². The molecule has 0 bridgehead atoms. The van der Waals surface area contributed by atoms with Crippen LogP contribution in [0.1, 0.15) is 62.8 Å². The normalized spacial score (nSPS) is 12.4. The Kier molecular flexibility index (Phi) is 7.29. The smallest absolute Gasteiger partial charge is 0.278 e. The Morgan fingerprint density at radius 2 is 2.05 bits per heavy atom. The molecule has 0 aliphatic carbocycles. The largest absolute Gasteiger partial charge is 0.309 e. The van der Waals surface area contributed by atoms with Gasteiger partial charge in [-0.25, -0.2) is 0 Å². The molecule has 0 amide bonds. The zero-order valence-electron chi connectivity index (χ0n) is 13.6. The van der Waals surface area contributed by atoms with E-state index in [1.54, 1.807) is 20.0 Å². The van der Waals surface area contributed by atoms with Gasteiger partial charge in [-0.15, -0.1) is 0 Å². The molecule has 5 heteroatoms. The van der Waals surface area contributed by atoms with E-state index in [0.29, 0.717) is 23.7 Å². The molecule has 1 rings (SSSR count). The van der Waals surface area contributed by atoms with Gasteiger partial charge in [0.05, 0.1) is 10.6 Å². The lowest BCUT2D eigenvalue weighted by Crippen LogP contribution is -2.26. The number of hydrogen-bond acceptors (Lipinski definition) is 4. The van der Waals surface area contributed by atoms with Crippen LogP contribution in [0.5, 0.6) is 0 Å².